The predicted octanol–water partition coefficient (Wildman–Crippen LogP) is 2.63. The number of nitrogens with one attached hydrogen (secondary N) is 2. The monoisotopic (exact) mass is 417 g/mol. The second-order valence-electron chi connectivity index (χ2n) is 6.34. The molecule has 0 aliphatic carbocycles. The molecule has 29 heavy (non-hydrogen) atoms. The fourth-order valence-electron chi connectivity index (χ4n) is 2.81. The Labute approximate surface area is 172 Å². The summed E-state index contributed by atoms with van der Waals surface area (Å²) in [5.41, 5.74) is 1.31. The van der Waals surface area contributed by atoms with E-state index in [1.54, 1.807) is 22.1 Å². The molecule has 154 valence electrons. The van der Waals surface area contributed by atoms with Gasteiger partial charge in [0.15, 0.2) is 5.13 Å². The zero-order valence-corrected chi connectivity index (χ0v) is 16.9. The Bertz CT molecular complexity index is 849. The predicted molar refractivity (Wildman–Crippen MR) is 110 cm³/mol. The number of urea groups is 1. The molecule has 4 amide bonds. The van der Waals surface area contributed by atoms with Gasteiger partial charge in [-0.1, -0.05) is 18.2 Å². The lowest BCUT2D eigenvalue weighted by atomic mass is 10.3. The number of hydrogen-bond acceptors (Lipinski definition) is 6. The van der Waals surface area contributed by atoms with Crippen LogP contribution in [0, 0.1) is 0 Å². The summed E-state index contributed by atoms with van der Waals surface area (Å²) in [6.07, 6.45) is -0.231. The van der Waals surface area contributed by atoms with Gasteiger partial charge in [0, 0.05) is 37.2 Å². The van der Waals surface area contributed by atoms with Crippen molar-refractivity contribution >= 4 is 40.2 Å². The summed E-state index contributed by atoms with van der Waals surface area (Å²) in [5, 5.41) is 7.74. The van der Waals surface area contributed by atoms with Gasteiger partial charge >= 0.3 is 12.1 Å². The van der Waals surface area contributed by atoms with Crippen LogP contribution >= 0.6 is 11.3 Å². The van der Waals surface area contributed by atoms with Crippen molar-refractivity contribution in [1.29, 1.82) is 0 Å². The topological polar surface area (TPSA) is 104 Å². The zero-order valence-electron chi connectivity index (χ0n) is 16.1. The number of rotatable bonds is 5. The number of aromatic nitrogens is 1. The highest BCUT2D eigenvalue weighted by molar-refractivity contribution is 7.13. The number of hydrogen-bond donors (Lipinski definition) is 2. The van der Waals surface area contributed by atoms with E-state index in [0.717, 1.165) is 5.69 Å². The van der Waals surface area contributed by atoms with Crippen LogP contribution in [0.15, 0.2) is 35.7 Å². The van der Waals surface area contributed by atoms with E-state index in [9.17, 15) is 14.4 Å². The standard InChI is InChI=1S/C19H23N5O4S/c1-2-28-19(27)24-10-8-23(9-11-24)18(26)22-17-21-15(13-29-17)12-16(25)20-14-6-4-3-5-7-14/h3-7,13H,2,8-12H2,1H3,(H,20,25)(H,21,22,26). The minimum Gasteiger partial charge on any atom is -0.450 e. The van der Waals surface area contributed by atoms with Gasteiger partial charge in [-0.2, -0.15) is 0 Å². The number of ether oxygens (including phenoxy) is 1. The number of carbonyl (C=O) groups is 3. The number of carbonyl (C=O) groups excluding carboxylic acids is 3. The van der Waals surface area contributed by atoms with Gasteiger partial charge in [0.2, 0.25) is 5.91 Å². The molecule has 0 spiro atoms. The molecule has 0 saturated carbocycles. The number of anilines is 2. The molecule has 1 fully saturated rings. The van der Waals surface area contributed by atoms with Crippen LogP contribution in [0.5, 0.6) is 0 Å². The molecular weight excluding hydrogens is 394 g/mol. The van der Waals surface area contributed by atoms with Crippen LogP contribution in [0.1, 0.15) is 12.6 Å². The third kappa shape index (κ3) is 5.92. The van der Waals surface area contributed by atoms with Gasteiger partial charge in [-0.05, 0) is 19.1 Å². The van der Waals surface area contributed by atoms with Crippen molar-refractivity contribution in [2.75, 3.05) is 43.4 Å². The van der Waals surface area contributed by atoms with Gasteiger partial charge in [0.25, 0.3) is 0 Å². The molecule has 1 aliphatic rings. The Balaban J connectivity index is 1.45. The van der Waals surface area contributed by atoms with E-state index in [4.69, 9.17) is 4.74 Å². The van der Waals surface area contributed by atoms with Gasteiger partial charge in [0.05, 0.1) is 18.7 Å². The fourth-order valence-corrected chi connectivity index (χ4v) is 3.51. The van der Waals surface area contributed by atoms with Crippen molar-refractivity contribution < 1.29 is 19.1 Å². The van der Waals surface area contributed by atoms with E-state index in [2.05, 4.69) is 15.6 Å². The van der Waals surface area contributed by atoms with E-state index in [0.29, 0.717) is 43.6 Å². The highest BCUT2D eigenvalue weighted by atomic mass is 32.1. The van der Waals surface area contributed by atoms with Crippen LogP contribution in [0.3, 0.4) is 0 Å². The molecule has 1 saturated heterocycles. The largest absolute Gasteiger partial charge is 0.450 e. The first-order chi connectivity index (χ1) is 14.0. The SMILES string of the molecule is CCOC(=O)N1CCN(C(=O)Nc2nc(CC(=O)Nc3ccccc3)cs2)CC1. The Hall–Kier alpha value is -3.14. The molecule has 0 radical (unpaired) electrons. The van der Waals surface area contributed by atoms with E-state index in [1.807, 2.05) is 30.3 Å². The molecule has 0 atom stereocenters. The second-order valence-corrected chi connectivity index (χ2v) is 7.20. The van der Waals surface area contributed by atoms with Crippen LogP contribution in [-0.2, 0) is 16.0 Å². The summed E-state index contributed by atoms with van der Waals surface area (Å²) in [6, 6.07) is 8.92. The molecule has 2 aromatic rings. The Morgan fingerprint density at radius 2 is 1.76 bits per heavy atom. The van der Waals surface area contributed by atoms with Crippen LogP contribution < -0.4 is 10.6 Å². The van der Waals surface area contributed by atoms with E-state index in [-0.39, 0.29) is 24.5 Å². The summed E-state index contributed by atoms with van der Waals surface area (Å²) in [6.45, 7) is 3.78. The van der Waals surface area contributed by atoms with Crippen LogP contribution in [-0.4, -0.2) is 65.6 Å². The number of nitrogens with zero attached hydrogens (tertiary/aromatic N) is 3. The molecule has 1 aromatic carbocycles. The molecule has 2 heterocycles. The van der Waals surface area contributed by atoms with Gasteiger partial charge in [-0.25, -0.2) is 14.6 Å². The van der Waals surface area contributed by atoms with Gasteiger partial charge in [-0.3, -0.25) is 10.1 Å². The van der Waals surface area contributed by atoms with E-state index >= 15 is 0 Å². The first kappa shape index (κ1) is 20.6. The fraction of sp³-hybridized carbons (Fsp3) is 0.368. The lowest BCUT2D eigenvalue weighted by Gasteiger charge is -2.33. The average Bonchev–Trinajstić information content (AvgIpc) is 3.15. The second kappa shape index (κ2) is 9.87. The minimum atomic E-state index is -0.356. The van der Waals surface area contributed by atoms with E-state index in [1.165, 1.54) is 11.3 Å². The first-order valence-corrected chi connectivity index (χ1v) is 10.2. The van der Waals surface area contributed by atoms with Crippen molar-refractivity contribution in [2.24, 2.45) is 0 Å². The first-order valence-electron chi connectivity index (χ1n) is 9.32. The third-order valence-electron chi connectivity index (χ3n) is 4.26. The molecule has 10 heteroatoms. The Kier molecular flexibility index (Phi) is 7.01. The molecule has 2 N–H and O–H groups in total. The average molecular weight is 417 g/mol. The maximum atomic E-state index is 12.4. The highest BCUT2D eigenvalue weighted by Crippen LogP contribution is 2.17. The zero-order chi connectivity index (χ0) is 20.6. The van der Waals surface area contributed by atoms with Gasteiger partial charge in [0.1, 0.15) is 0 Å². The number of amides is 4. The molecular formula is C19H23N5O4S. The normalized spacial score (nSPS) is 13.7. The summed E-state index contributed by atoms with van der Waals surface area (Å²) in [7, 11) is 0. The van der Waals surface area contributed by atoms with Crippen LogP contribution in [0.4, 0.5) is 20.4 Å². The molecule has 0 unspecified atom stereocenters. The minimum absolute atomic E-state index is 0.124. The number of para-hydroxylation sites is 1. The smallest absolute Gasteiger partial charge is 0.409 e. The highest BCUT2D eigenvalue weighted by Gasteiger charge is 2.25. The van der Waals surface area contributed by atoms with Gasteiger partial charge < -0.3 is 19.9 Å². The van der Waals surface area contributed by atoms with Crippen LogP contribution in [0.25, 0.3) is 0 Å². The lowest BCUT2D eigenvalue weighted by Crippen LogP contribution is -2.51. The van der Waals surface area contributed by atoms with Gasteiger partial charge in [-0.15, -0.1) is 11.3 Å². The lowest BCUT2D eigenvalue weighted by molar-refractivity contribution is -0.115. The van der Waals surface area contributed by atoms with Crippen molar-refractivity contribution in [3.63, 3.8) is 0 Å². The maximum Gasteiger partial charge on any atom is 0.409 e. The van der Waals surface area contributed by atoms with Crippen molar-refractivity contribution in [3.05, 3.63) is 41.4 Å². The quantitative estimate of drug-likeness (QED) is 0.778. The van der Waals surface area contributed by atoms with E-state index < -0.39 is 0 Å². The number of benzene rings is 1. The molecule has 1 aromatic heterocycles. The summed E-state index contributed by atoms with van der Waals surface area (Å²) < 4.78 is 4.97. The van der Waals surface area contributed by atoms with Crippen molar-refractivity contribution in [3.8, 4) is 0 Å². The van der Waals surface area contributed by atoms with Crippen molar-refractivity contribution in [2.45, 2.75) is 13.3 Å². The van der Waals surface area contributed by atoms with Crippen LogP contribution in [0.2, 0.25) is 0 Å². The summed E-state index contributed by atoms with van der Waals surface area (Å²) >= 11 is 1.27. The number of piperazine rings is 1. The summed E-state index contributed by atoms with van der Waals surface area (Å²) in [4.78, 5) is 43.8. The maximum absolute atomic E-state index is 12.4. The Morgan fingerprint density at radius 3 is 2.45 bits per heavy atom. The molecule has 0 bridgehead atoms. The molecule has 9 nitrogen and oxygen atoms in total. The van der Waals surface area contributed by atoms with Crippen molar-refractivity contribution in [1.82, 2.24) is 14.8 Å². The molecule has 3 rings (SSSR count). The summed E-state index contributed by atoms with van der Waals surface area (Å²) in [5.74, 6) is -0.172. The number of thiazole rings is 1. The molecule has 1 aliphatic heterocycles. The Morgan fingerprint density at radius 1 is 1.07 bits per heavy atom. The third-order valence-corrected chi connectivity index (χ3v) is 5.06.